The van der Waals surface area contributed by atoms with Crippen molar-refractivity contribution in [2.45, 2.75) is 127 Å². The summed E-state index contributed by atoms with van der Waals surface area (Å²) in [5.74, 6) is 6.56. The van der Waals surface area contributed by atoms with Gasteiger partial charge in [0, 0.05) is 34.6 Å². The van der Waals surface area contributed by atoms with E-state index in [1.54, 1.807) is 27.5 Å². The lowest BCUT2D eigenvalue weighted by molar-refractivity contribution is -0.0272. The molecule has 5 aromatic carbocycles. The fourth-order valence-electron chi connectivity index (χ4n) is 14.8. The number of hydrogen-bond donors (Lipinski definition) is 0. The van der Waals surface area contributed by atoms with E-state index in [4.69, 9.17) is 19.6 Å². The van der Waals surface area contributed by atoms with E-state index >= 15 is 0 Å². The summed E-state index contributed by atoms with van der Waals surface area (Å²) in [7, 11) is 0. The van der Waals surface area contributed by atoms with Gasteiger partial charge in [-0.05, 0) is 237 Å². The fraction of sp³-hybridized carbons (Fsp3) is 0.375. The first-order valence-corrected chi connectivity index (χ1v) is 26.3. The zero-order chi connectivity index (χ0) is 46.2. The van der Waals surface area contributed by atoms with Crippen LogP contribution >= 0.6 is 0 Å². The van der Waals surface area contributed by atoms with Crippen molar-refractivity contribution >= 4 is 5.69 Å². The molecule has 8 bridgehead atoms. The van der Waals surface area contributed by atoms with E-state index in [0.29, 0.717) is 11.8 Å². The third kappa shape index (κ3) is 7.16. The Balaban J connectivity index is 0.811. The van der Waals surface area contributed by atoms with Crippen LogP contribution in [0.2, 0.25) is 0 Å². The molecule has 2 aromatic heterocycles. The van der Waals surface area contributed by atoms with Gasteiger partial charge in [-0.15, -0.1) is 5.23 Å². The largest absolute Gasteiger partial charge is 0.256 e. The van der Waals surface area contributed by atoms with E-state index < -0.39 is 11.2 Å². The Morgan fingerprint density at radius 3 is 1.12 bits per heavy atom. The second-order valence-corrected chi connectivity index (χ2v) is 23.5. The van der Waals surface area contributed by atoms with Crippen molar-refractivity contribution < 1.29 is 9.68 Å². The van der Waals surface area contributed by atoms with Crippen LogP contribution in [0.3, 0.4) is 0 Å². The van der Waals surface area contributed by atoms with E-state index in [1.807, 2.05) is 0 Å². The van der Waals surface area contributed by atoms with Crippen LogP contribution in [0.15, 0.2) is 140 Å². The van der Waals surface area contributed by atoms with Crippen LogP contribution in [0.4, 0.5) is 5.69 Å². The Bertz CT molecular complexity index is 2920. The van der Waals surface area contributed by atoms with Crippen LogP contribution < -0.4 is 5.23 Å². The Morgan fingerprint density at radius 2 is 0.739 bits per heavy atom. The van der Waals surface area contributed by atoms with Crippen LogP contribution in [-0.4, -0.2) is 21.2 Å². The molecule has 0 amide bonds. The summed E-state index contributed by atoms with van der Waals surface area (Å²) in [6.07, 6.45) is 18.1. The quantitative estimate of drug-likeness (QED) is 0.159. The molecule has 5 fully saturated rings. The molecule has 5 nitrogen and oxygen atoms in total. The molecule has 5 heteroatoms. The first-order chi connectivity index (χ1) is 33.6. The molecule has 0 N–H and O–H groups in total. The molecule has 7 aromatic rings. The number of anilines is 1. The first-order valence-electron chi connectivity index (χ1n) is 26.3. The molecule has 1 saturated heterocycles. The highest BCUT2D eigenvalue weighted by Gasteiger charge is 2.50. The van der Waals surface area contributed by atoms with Gasteiger partial charge >= 0.3 is 0 Å². The monoisotopic (exact) mass is 905 g/mol. The fourth-order valence-corrected chi connectivity index (χ4v) is 14.8. The van der Waals surface area contributed by atoms with Crippen LogP contribution in [0, 0.1) is 23.7 Å². The summed E-state index contributed by atoms with van der Waals surface area (Å²) in [6.45, 7) is 8.37. The van der Waals surface area contributed by atoms with E-state index in [0.717, 1.165) is 97.1 Å². The number of hydrogen-bond acceptors (Lipinski definition) is 5. The van der Waals surface area contributed by atoms with Gasteiger partial charge in [0.1, 0.15) is 11.2 Å². The molecule has 4 atom stereocenters. The molecule has 4 unspecified atom stereocenters. The molecular weight excluding hydrogens is 843 g/mol. The average molecular weight is 906 g/mol. The lowest BCUT2D eigenvalue weighted by Gasteiger charge is -2.38. The zero-order valence-electron chi connectivity index (χ0n) is 40.6. The zero-order valence-corrected chi connectivity index (χ0v) is 40.6. The molecule has 69 heavy (non-hydrogen) atoms. The van der Waals surface area contributed by atoms with Crippen molar-refractivity contribution in [2.24, 2.45) is 23.7 Å². The van der Waals surface area contributed by atoms with Crippen LogP contribution in [0.5, 0.6) is 0 Å². The molecule has 3 heterocycles. The maximum atomic E-state index is 6.61. The number of aromatic nitrogens is 2. The second kappa shape index (κ2) is 15.8. The Kier molecular flexibility index (Phi) is 9.64. The van der Waals surface area contributed by atoms with E-state index in [9.17, 15) is 0 Å². The van der Waals surface area contributed by atoms with Crippen molar-refractivity contribution in [3.63, 3.8) is 0 Å². The average Bonchev–Trinajstić information content (AvgIpc) is 3.46. The molecule has 9 aliphatic rings. The summed E-state index contributed by atoms with van der Waals surface area (Å²) in [4.78, 5) is 23.6. The van der Waals surface area contributed by atoms with Gasteiger partial charge in [0.2, 0.25) is 0 Å². The normalized spacial score (nSPS) is 27.5. The van der Waals surface area contributed by atoms with E-state index in [-0.39, 0.29) is 0 Å². The highest BCUT2D eigenvalue weighted by molar-refractivity contribution is 5.91. The minimum atomic E-state index is -0.549. The summed E-state index contributed by atoms with van der Waals surface area (Å²) >= 11 is 0. The second-order valence-electron chi connectivity index (χ2n) is 23.5. The van der Waals surface area contributed by atoms with Crippen molar-refractivity contribution in [2.75, 3.05) is 5.23 Å². The molecular formula is C64H63N3O2. The molecule has 4 saturated carbocycles. The molecule has 0 radical (unpaired) electrons. The van der Waals surface area contributed by atoms with Gasteiger partial charge in [-0.25, -0.2) is 9.68 Å². The molecule has 1 aliphatic heterocycles. The lowest BCUT2D eigenvalue weighted by Crippen LogP contribution is -2.41. The first kappa shape index (κ1) is 42.0. The molecule has 8 aliphatic carbocycles. The summed E-state index contributed by atoms with van der Waals surface area (Å²) < 4.78 is 0. The van der Waals surface area contributed by atoms with Crippen LogP contribution in [-0.2, 0) is 9.68 Å². The lowest BCUT2D eigenvalue weighted by atomic mass is 9.67. The van der Waals surface area contributed by atoms with Gasteiger partial charge < -0.3 is 0 Å². The minimum absolute atomic E-state index is 0.549. The Labute approximate surface area is 408 Å². The van der Waals surface area contributed by atoms with Crippen LogP contribution in [0.1, 0.15) is 138 Å². The summed E-state index contributed by atoms with van der Waals surface area (Å²) in [5.41, 5.74) is 19.6. The number of rotatable bonds is 7. The van der Waals surface area contributed by atoms with Gasteiger partial charge in [-0.2, -0.15) is 0 Å². The van der Waals surface area contributed by atoms with Gasteiger partial charge in [0.25, 0.3) is 0 Å². The van der Waals surface area contributed by atoms with Crippen molar-refractivity contribution in [1.82, 2.24) is 9.97 Å². The highest BCUT2D eigenvalue weighted by atomic mass is 17.0. The summed E-state index contributed by atoms with van der Waals surface area (Å²) in [6, 6.07) is 47.7. The Hall–Kier alpha value is -5.88. The third-order valence-electron chi connectivity index (χ3n) is 18.6. The van der Waals surface area contributed by atoms with E-state index in [1.165, 1.54) is 75.3 Å². The molecule has 346 valence electrons. The smallest absolute Gasteiger partial charge is 0.124 e. The van der Waals surface area contributed by atoms with Gasteiger partial charge in [0.15, 0.2) is 0 Å². The van der Waals surface area contributed by atoms with Crippen molar-refractivity contribution in [1.29, 1.82) is 0 Å². The van der Waals surface area contributed by atoms with Crippen LogP contribution in [0.25, 0.3) is 67.0 Å². The van der Waals surface area contributed by atoms with Gasteiger partial charge in [-0.1, -0.05) is 84.9 Å². The topological polar surface area (TPSA) is 47.5 Å². The third-order valence-corrected chi connectivity index (χ3v) is 18.6. The van der Waals surface area contributed by atoms with E-state index in [2.05, 4.69) is 167 Å². The van der Waals surface area contributed by atoms with Crippen molar-refractivity contribution in [3.05, 3.63) is 162 Å². The number of benzene rings is 5. The minimum Gasteiger partial charge on any atom is -0.256 e. The molecule has 16 rings (SSSR count). The maximum Gasteiger partial charge on any atom is 0.124 e. The summed E-state index contributed by atoms with van der Waals surface area (Å²) in [5, 5.41) is 1.64. The highest BCUT2D eigenvalue weighted by Crippen LogP contribution is 2.58. The van der Waals surface area contributed by atoms with Gasteiger partial charge in [0.05, 0.1) is 17.1 Å². The Morgan fingerprint density at radius 1 is 0.377 bits per heavy atom. The predicted octanol–water partition coefficient (Wildman–Crippen LogP) is 16.5. The number of pyridine rings is 2. The standard InChI is InChI=1S/C64H63N3O2/c1-63(2)64(3,4)69-67(68-63)52-32-50(55-11-7-5-9-53(55)44-15-19-61(65-36-44)42-13-17-57-46-23-38-21-39(24-46)28-48(27-38)59(57)34-42)31-51(33-52)56-12-8-6-10-54(56)45-16-20-62(66-37-45)43-14-18-58-47-25-40-22-41(26-47)30-49(29-40)60(58)35-43/h5-20,31-41,46-49H,21-30H2,1-4H3. The predicted molar refractivity (Wildman–Crippen MR) is 279 cm³/mol. The maximum absolute atomic E-state index is 6.61. The number of nitrogens with zero attached hydrogens (tertiary/aromatic N) is 3. The van der Waals surface area contributed by atoms with Crippen molar-refractivity contribution in [3.8, 4) is 67.0 Å². The van der Waals surface area contributed by atoms with Gasteiger partial charge in [-0.3, -0.25) is 9.97 Å². The SMILES string of the molecule is CC1(C)ON(c2cc(-c3ccccc3-c3ccc(-c4ccc5c(c4)C4CC6CC(CC5C6)C4)nc3)cc(-c3ccccc3-c3ccc(-c4ccc5c(c4)C4CC6CC(CC5C6)C4)nc3)c2)OC1(C)C. The molecule has 0 spiro atoms.